The van der Waals surface area contributed by atoms with Gasteiger partial charge < -0.3 is 14.9 Å². The number of benzene rings is 3. The van der Waals surface area contributed by atoms with Gasteiger partial charge in [0.25, 0.3) is 0 Å². The molecule has 0 aliphatic carbocycles. The van der Waals surface area contributed by atoms with E-state index in [4.69, 9.17) is 4.74 Å². The number of phenolic OH excluding ortho intramolecular Hbond substituents is 1. The second-order valence-electron chi connectivity index (χ2n) is 6.61. The molecule has 2 N–H and O–H groups in total. The number of rotatable bonds is 2. The molecule has 7 heteroatoms. The summed E-state index contributed by atoms with van der Waals surface area (Å²) in [6.07, 6.45) is 0. The smallest absolute Gasteiger partial charge is 0.339 e. The van der Waals surface area contributed by atoms with Gasteiger partial charge in [-0.3, -0.25) is 0 Å². The van der Waals surface area contributed by atoms with Crippen LogP contribution in [0.25, 0.3) is 12.2 Å². The summed E-state index contributed by atoms with van der Waals surface area (Å²) in [5, 5.41) is 20.2. The van der Waals surface area contributed by atoms with Crippen molar-refractivity contribution in [1.29, 1.82) is 0 Å². The molecule has 0 radical (unpaired) electrons. The second kappa shape index (κ2) is 6.41. The van der Waals surface area contributed by atoms with Gasteiger partial charge in [0.2, 0.25) is 0 Å². The second-order valence-corrected chi connectivity index (χ2v) is 6.61. The zero-order valence-electron chi connectivity index (χ0n) is 15.0. The molecule has 0 saturated heterocycles. The predicted octanol–water partition coefficient (Wildman–Crippen LogP) is 3.58. The number of carboxylic acid groups (broad SMARTS) is 1. The number of phenols is 1. The minimum atomic E-state index is -1.81. The molecule has 0 fully saturated rings. The molecule has 4 nitrogen and oxygen atoms in total. The Morgan fingerprint density at radius 2 is 1.72 bits per heavy atom. The summed E-state index contributed by atoms with van der Waals surface area (Å²) in [6, 6.07) is 8.62. The van der Waals surface area contributed by atoms with E-state index in [-0.39, 0.29) is 33.6 Å². The van der Waals surface area contributed by atoms with Crippen molar-refractivity contribution < 1.29 is 32.9 Å². The van der Waals surface area contributed by atoms with E-state index in [1.54, 1.807) is 6.07 Å². The van der Waals surface area contributed by atoms with Gasteiger partial charge in [-0.2, -0.15) is 0 Å². The number of ether oxygens (including phenoxy) is 1. The Morgan fingerprint density at radius 3 is 2.41 bits per heavy atom. The van der Waals surface area contributed by atoms with E-state index in [9.17, 15) is 23.8 Å². The average molecular weight is 398 g/mol. The van der Waals surface area contributed by atoms with Gasteiger partial charge in [0.1, 0.15) is 28.6 Å². The topological polar surface area (TPSA) is 66.8 Å². The number of carboxylic acids is 1. The summed E-state index contributed by atoms with van der Waals surface area (Å²) in [5.74, 6) is -6.04. The van der Waals surface area contributed by atoms with E-state index in [0.29, 0.717) is 5.22 Å². The maximum atomic E-state index is 15.2. The number of halogens is 3. The Hall–Kier alpha value is -3.74. The summed E-state index contributed by atoms with van der Waals surface area (Å²) in [7, 11) is 0. The Balaban J connectivity index is 2.27. The minimum Gasteiger partial charge on any atom is -0.508 e. The monoisotopic (exact) mass is 398 g/mol. The lowest BCUT2D eigenvalue weighted by Crippen LogP contribution is -2.23. The fraction of sp³-hybridized carbons (Fsp3) is 0.0455. The van der Waals surface area contributed by atoms with Gasteiger partial charge in [-0.25, -0.2) is 18.0 Å². The molecule has 146 valence electrons. The maximum absolute atomic E-state index is 15.2. The molecular weight excluding hydrogens is 385 g/mol. The first-order valence-corrected chi connectivity index (χ1v) is 8.46. The van der Waals surface area contributed by atoms with E-state index in [2.05, 4.69) is 6.58 Å². The molecule has 3 aromatic carbocycles. The molecule has 29 heavy (non-hydrogen) atoms. The molecule has 0 bridgehead atoms. The fourth-order valence-electron chi connectivity index (χ4n) is 3.41. The molecule has 1 heterocycles. The zero-order chi connectivity index (χ0) is 21.0. The average Bonchev–Trinajstić information content (AvgIpc) is 2.66. The molecule has 4 rings (SSSR count). The van der Waals surface area contributed by atoms with Gasteiger partial charge in [-0.05, 0) is 30.3 Å². The number of hydrogen-bond acceptors (Lipinski definition) is 3. The van der Waals surface area contributed by atoms with Crippen LogP contribution >= 0.6 is 0 Å². The first-order valence-electron chi connectivity index (χ1n) is 8.46. The van der Waals surface area contributed by atoms with Crippen LogP contribution < -0.4 is 15.2 Å². The van der Waals surface area contributed by atoms with Crippen molar-refractivity contribution in [3.05, 3.63) is 86.5 Å². The normalized spacial score (nSPS) is 12.2. The SMILES string of the molecule is C=c1ccc2c(c1)Oc1cc(O)ccc1C=2c1c(F)c(C)c(F)c(F)c1C(=O)O. The van der Waals surface area contributed by atoms with Crippen molar-refractivity contribution in [2.45, 2.75) is 6.92 Å². The summed E-state index contributed by atoms with van der Waals surface area (Å²) in [4.78, 5) is 11.8. The van der Waals surface area contributed by atoms with Crippen LogP contribution in [0.15, 0.2) is 36.4 Å². The van der Waals surface area contributed by atoms with Crippen molar-refractivity contribution in [2.24, 2.45) is 0 Å². The van der Waals surface area contributed by atoms with Gasteiger partial charge >= 0.3 is 5.97 Å². The zero-order valence-corrected chi connectivity index (χ0v) is 15.0. The van der Waals surface area contributed by atoms with Crippen LogP contribution in [0.5, 0.6) is 17.2 Å². The number of carbonyl (C=O) groups is 1. The lowest BCUT2D eigenvalue weighted by atomic mass is 9.87. The van der Waals surface area contributed by atoms with Crippen molar-refractivity contribution in [1.82, 2.24) is 0 Å². The highest BCUT2D eigenvalue weighted by atomic mass is 19.2. The van der Waals surface area contributed by atoms with Crippen LogP contribution in [-0.4, -0.2) is 16.2 Å². The van der Waals surface area contributed by atoms with Gasteiger partial charge in [0, 0.05) is 33.5 Å². The molecule has 1 aliphatic rings. The van der Waals surface area contributed by atoms with E-state index in [1.807, 2.05) is 0 Å². The Labute approximate surface area is 162 Å². The number of hydrogen-bond donors (Lipinski definition) is 2. The fourth-order valence-corrected chi connectivity index (χ4v) is 3.41. The van der Waals surface area contributed by atoms with Crippen LogP contribution in [-0.2, 0) is 0 Å². The molecule has 0 saturated carbocycles. The highest BCUT2D eigenvalue weighted by molar-refractivity contribution is 5.99. The summed E-state index contributed by atoms with van der Waals surface area (Å²) < 4.78 is 49.6. The summed E-state index contributed by atoms with van der Waals surface area (Å²) in [6.45, 7) is 4.81. The van der Waals surface area contributed by atoms with Crippen molar-refractivity contribution >= 4 is 18.1 Å². The van der Waals surface area contributed by atoms with Crippen LogP contribution in [0.2, 0.25) is 0 Å². The standard InChI is InChI=1S/C22H13F3O4/c1-9-3-5-12-14(7-9)29-15-8-11(26)4-6-13(15)16(12)17-18(22(27)28)21(25)20(24)10(2)19(17)23/h3-8,26H,1H2,2H3,(H,27,28). The van der Waals surface area contributed by atoms with Crippen LogP contribution in [0, 0.1) is 24.4 Å². The first kappa shape index (κ1) is 18.6. The molecule has 1 aliphatic heterocycles. The first-order chi connectivity index (χ1) is 13.7. The Kier molecular flexibility index (Phi) is 4.11. The quantitative estimate of drug-likeness (QED) is 0.507. The third kappa shape index (κ3) is 2.74. The third-order valence-electron chi connectivity index (χ3n) is 4.77. The summed E-state index contributed by atoms with van der Waals surface area (Å²) >= 11 is 0. The van der Waals surface area contributed by atoms with Crippen LogP contribution in [0.4, 0.5) is 13.2 Å². The predicted molar refractivity (Wildman–Crippen MR) is 99.0 cm³/mol. The minimum absolute atomic E-state index is 0.0122. The Bertz CT molecular complexity index is 1330. The maximum Gasteiger partial charge on any atom is 0.339 e. The molecular formula is C22H13F3O4. The van der Waals surface area contributed by atoms with Gasteiger partial charge in [0.15, 0.2) is 11.6 Å². The molecule has 0 atom stereocenters. The molecule has 0 aromatic heterocycles. The number of aromatic carboxylic acids is 1. The van der Waals surface area contributed by atoms with Gasteiger partial charge in [-0.15, -0.1) is 0 Å². The van der Waals surface area contributed by atoms with Crippen molar-refractivity contribution in [3.63, 3.8) is 0 Å². The van der Waals surface area contributed by atoms with Gasteiger partial charge in [0.05, 0.1) is 0 Å². The van der Waals surface area contributed by atoms with E-state index >= 15 is 4.39 Å². The lowest BCUT2D eigenvalue weighted by molar-refractivity contribution is 0.0689. The highest BCUT2D eigenvalue weighted by Gasteiger charge is 2.32. The largest absolute Gasteiger partial charge is 0.508 e. The van der Waals surface area contributed by atoms with Crippen LogP contribution in [0.3, 0.4) is 0 Å². The number of aromatic hydroxyl groups is 1. The molecule has 0 unspecified atom stereocenters. The van der Waals surface area contributed by atoms with E-state index in [0.717, 1.165) is 6.92 Å². The lowest BCUT2D eigenvalue weighted by Gasteiger charge is -2.23. The third-order valence-corrected chi connectivity index (χ3v) is 4.77. The van der Waals surface area contributed by atoms with Crippen molar-refractivity contribution in [2.75, 3.05) is 0 Å². The molecule has 0 amide bonds. The summed E-state index contributed by atoms with van der Waals surface area (Å²) in [5.41, 5.74) is -2.12. The van der Waals surface area contributed by atoms with Crippen LogP contribution in [0.1, 0.15) is 27.0 Å². The van der Waals surface area contributed by atoms with Crippen molar-refractivity contribution in [3.8, 4) is 17.2 Å². The number of fused-ring (bicyclic) bond motifs is 2. The van der Waals surface area contributed by atoms with E-state index in [1.165, 1.54) is 30.3 Å². The molecule has 0 spiro atoms. The molecule has 3 aromatic rings. The van der Waals surface area contributed by atoms with E-state index < -0.39 is 40.1 Å². The highest BCUT2D eigenvalue weighted by Crippen LogP contribution is 2.41. The Morgan fingerprint density at radius 1 is 1.00 bits per heavy atom. The van der Waals surface area contributed by atoms with Gasteiger partial charge in [-0.1, -0.05) is 18.7 Å².